The van der Waals surface area contributed by atoms with Crippen molar-refractivity contribution in [2.45, 2.75) is 19.9 Å². The van der Waals surface area contributed by atoms with E-state index in [0.29, 0.717) is 11.5 Å². The second kappa shape index (κ2) is 7.45. The van der Waals surface area contributed by atoms with Gasteiger partial charge in [0.05, 0.1) is 0 Å². The first kappa shape index (κ1) is 16.5. The molecule has 1 fully saturated rings. The number of aromatic nitrogens is 1. The first-order valence-corrected chi connectivity index (χ1v) is 8.39. The molecule has 3 rings (SSSR count). The highest BCUT2D eigenvalue weighted by atomic mass is 16.1. The molecule has 0 saturated carbocycles. The lowest BCUT2D eigenvalue weighted by Gasteiger charge is -2.17. The average molecular weight is 324 g/mol. The van der Waals surface area contributed by atoms with Gasteiger partial charge in [0.1, 0.15) is 5.82 Å². The predicted octanol–water partition coefficient (Wildman–Crippen LogP) is 2.42. The maximum absolute atomic E-state index is 11.1. The summed E-state index contributed by atoms with van der Waals surface area (Å²) in [6, 6.07) is 13.6. The molecule has 5 heteroatoms. The number of nitrogens with one attached hydrogen (secondary N) is 1. The summed E-state index contributed by atoms with van der Waals surface area (Å²) in [5.74, 6) is 1.21. The van der Waals surface area contributed by atoms with Gasteiger partial charge in [0.15, 0.2) is 0 Å². The second-order valence-corrected chi connectivity index (χ2v) is 6.50. The Bertz CT molecular complexity index is 699. The van der Waals surface area contributed by atoms with E-state index in [1.165, 1.54) is 12.0 Å². The zero-order valence-electron chi connectivity index (χ0n) is 14.0. The summed E-state index contributed by atoms with van der Waals surface area (Å²) in [5, 5.41) is 3.44. The van der Waals surface area contributed by atoms with Crippen LogP contribution < -0.4 is 11.1 Å². The quantitative estimate of drug-likeness (QED) is 0.856. The molecule has 24 heavy (non-hydrogen) atoms. The third-order valence-electron chi connectivity index (χ3n) is 4.47. The summed E-state index contributed by atoms with van der Waals surface area (Å²) in [5.41, 5.74) is 8.09. The molecular formula is C19H24N4O. The van der Waals surface area contributed by atoms with Crippen LogP contribution in [0.1, 0.15) is 28.0 Å². The van der Waals surface area contributed by atoms with E-state index in [4.69, 9.17) is 5.73 Å². The van der Waals surface area contributed by atoms with Crippen LogP contribution in [0.2, 0.25) is 0 Å². The van der Waals surface area contributed by atoms with Gasteiger partial charge in [0, 0.05) is 30.9 Å². The number of hydrogen-bond donors (Lipinski definition) is 2. The average Bonchev–Trinajstić information content (AvgIpc) is 3.01. The fourth-order valence-electron chi connectivity index (χ4n) is 3.15. The van der Waals surface area contributed by atoms with Crippen molar-refractivity contribution >= 4 is 11.7 Å². The molecule has 1 atom stereocenters. The van der Waals surface area contributed by atoms with Crippen molar-refractivity contribution in [1.29, 1.82) is 0 Å². The van der Waals surface area contributed by atoms with Crippen LogP contribution in [0.5, 0.6) is 0 Å². The lowest BCUT2D eigenvalue weighted by molar-refractivity contribution is 0.100. The number of rotatable bonds is 6. The number of pyridine rings is 1. The largest absolute Gasteiger partial charge is 0.370 e. The molecule has 2 aromatic rings. The summed E-state index contributed by atoms with van der Waals surface area (Å²) >= 11 is 0. The minimum absolute atomic E-state index is 0.376. The van der Waals surface area contributed by atoms with E-state index in [1.807, 2.05) is 37.3 Å². The Labute approximate surface area is 142 Å². The third kappa shape index (κ3) is 4.32. The third-order valence-corrected chi connectivity index (χ3v) is 4.47. The maximum atomic E-state index is 11.1. The van der Waals surface area contributed by atoms with Gasteiger partial charge in [-0.3, -0.25) is 9.69 Å². The lowest BCUT2D eigenvalue weighted by atomic mass is 10.1. The summed E-state index contributed by atoms with van der Waals surface area (Å²) < 4.78 is 0. The predicted molar refractivity (Wildman–Crippen MR) is 95.8 cm³/mol. The zero-order valence-corrected chi connectivity index (χ0v) is 14.0. The Kier molecular flexibility index (Phi) is 5.11. The summed E-state index contributed by atoms with van der Waals surface area (Å²) in [6.45, 7) is 6.05. The van der Waals surface area contributed by atoms with E-state index < -0.39 is 0 Å². The van der Waals surface area contributed by atoms with Gasteiger partial charge >= 0.3 is 0 Å². The number of carbonyl (C=O) groups is 1. The number of primary amides is 1. The Morgan fingerprint density at radius 2 is 2.08 bits per heavy atom. The fraction of sp³-hybridized carbons (Fsp3) is 0.368. The minimum atomic E-state index is -0.376. The SMILES string of the molecule is Cc1cccc(NC[C@@H]2CCN(Cc3ccc(C(N)=O)cc3)C2)n1. The number of amides is 1. The first-order chi connectivity index (χ1) is 11.6. The number of anilines is 1. The summed E-state index contributed by atoms with van der Waals surface area (Å²) in [4.78, 5) is 18.0. The Hall–Kier alpha value is -2.40. The topological polar surface area (TPSA) is 71.2 Å². The molecule has 1 aliphatic rings. The number of benzene rings is 1. The second-order valence-electron chi connectivity index (χ2n) is 6.50. The Balaban J connectivity index is 1.47. The van der Waals surface area contributed by atoms with Crippen LogP contribution in [0, 0.1) is 12.8 Å². The number of likely N-dealkylation sites (tertiary alicyclic amines) is 1. The highest BCUT2D eigenvalue weighted by Crippen LogP contribution is 2.19. The van der Waals surface area contributed by atoms with Gasteiger partial charge in [-0.05, 0) is 55.6 Å². The standard InChI is InChI=1S/C19H24N4O/c1-14-3-2-4-18(22-14)21-11-16-9-10-23(13-16)12-15-5-7-17(8-6-15)19(20)24/h2-8,16H,9-13H2,1H3,(H2,20,24)(H,21,22)/t16-/m0/s1. The van der Waals surface area contributed by atoms with Crippen molar-refractivity contribution < 1.29 is 4.79 Å². The van der Waals surface area contributed by atoms with E-state index in [9.17, 15) is 4.79 Å². The number of nitrogens with two attached hydrogens (primary N) is 1. The van der Waals surface area contributed by atoms with Crippen molar-refractivity contribution in [2.75, 3.05) is 25.0 Å². The zero-order chi connectivity index (χ0) is 16.9. The number of hydrogen-bond acceptors (Lipinski definition) is 4. The Morgan fingerprint density at radius 3 is 2.79 bits per heavy atom. The van der Waals surface area contributed by atoms with Crippen molar-refractivity contribution in [3.63, 3.8) is 0 Å². The van der Waals surface area contributed by atoms with Gasteiger partial charge in [-0.15, -0.1) is 0 Å². The van der Waals surface area contributed by atoms with Crippen molar-refractivity contribution in [3.8, 4) is 0 Å². The van der Waals surface area contributed by atoms with Crippen LogP contribution in [0.15, 0.2) is 42.5 Å². The van der Waals surface area contributed by atoms with Crippen LogP contribution in [-0.4, -0.2) is 35.4 Å². The van der Waals surface area contributed by atoms with Gasteiger partial charge in [-0.2, -0.15) is 0 Å². The molecule has 0 unspecified atom stereocenters. The van der Waals surface area contributed by atoms with Gasteiger partial charge in [0.25, 0.3) is 0 Å². The molecule has 1 aromatic heterocycles. The van der Waals surface area contributed by atoms with E-state index in [-0.39, 0.29) is 5.91 Å². The number of carbonyl (C=O) groups excluding carboxylic acids is 1. The van der Waals surface area contributed by atoms with Crippen molar-refractivity contribution in [3.05, 3.63) is 59.3 Å². The molecule has 0 bridgehead atoms. The fourth-order valence-corrected chi connectivity index (χ4v) is 3.15. The van der Waals surface area contributed by atoms with Gasteiger partial charge < -0.3 is 11.1 Å². The highest BCUT2D eigenvalue weighted by molar-refractivity contribution is 5.92. The molecule has 0 spiro atoms. The molecular weight excluding hydrogens is 300 g/mol. The molecule has 1 amide bonds. The van der Waals surface area contributed by atoms with Crippen molar-refractivity contribution in [1.82, 2.24) is 9.88 Å². The molecule has 0 radical (unpaired) electrons. The van der Waals surface area contributed by atoms with E-state index in [2.05, 4.69) is 15.2 Å². The molecule has 1 aromatic carbocycles. The number of nitrogens with zero attached hydrogens (tertiary/aromatic N) is 2. The first-order valence-electron chi connectivity index (χ1n) is 8.39. The normalized spacial score (nSPS) is 17.8. The molecule has 2 heterocycles. The monoisotopic (exact) mass is 324 g/mol. The van der Waals surface area contributed by atoms with E-state index in [0.717, 1.165) is 37.7 Å². The van der Waals surface area contributed by atoms with Gasteiger partial charge in [-0.25, -0.2) is 4.98 Å². The molecule has 1 saturated heterocycles. The molecule has 126 valence electrons. The molecule has 0 aliphatic carbocycles. The van der Waals surface area contributed by atoms with Crippen LogP contribution >= 0.6 is 0 Å². The van der Waals surface area contributed by atoms with Crippen LogP contribution in [0.3, 0.4) is 0 Å². The lowest BCUT2D eigenvalue weighted by Crippen LogP contribution is -2.23. The van der Waals surface area contributed by atoms with Crippen LogP contribution in [0.25, 0.3) is 0 Å². The maximum Gasteiger partial charge on any atom is 0.248 e. The Morgan fingerprint density at radius 1 is 1.29 bits per heavy atom. The van der Waals surface area contributed by atoms with E-state index >= 15 is 0 Å². The van der Waals surface area contributed by atoms with Crippen molar-refractivity contribution in [2.24, 2.45) is 11.7 Å². The number of aryl methyl sites for hydroxylation is 1. The summed E-state index contributed by atoms with van der Waals surface area (Å²) in [6.07, 6.45) is 1.19. The van der Waals surface area contributed by atoms with Gasteiger partial charge in [-0.1, -0.05) is 18.2 Å². The summed E-state index contributed by atoms with van der Waals surface area (Å²) in [7, 11) is 0. The smallest absolute Gasteiger partial charge is 0.248 e. The highest BCUT2D eigenvalue weighted by Gasteiger charge is 2.22. The van der Waals surface area contributed by atoms with Crippen LogP contribution in [0.4, 0.5) is 5.82 Å². The molecule has 5 nitrogen and oxygen atoms in total. The van der Waals surface area contributed by atoms with Crippen LogP contribution in [-0.2, 0) is 6.54 Å². The molecule has 3 N–H and O–H groups in total. The minimum Gasteiger partial charge on any atom is -0.370 e. The van der Waals surface area contributed by atoms with Gasteiger partial charge in [0.2, 0.25) is 5.91 Å². The molecule has 1 aliphatic heterocycles. The van der Waals surface area contributed by atoms with E-state index in [1.54, 1.807) is 12.1 Å².